The first-order valence-electron chi connectivity index (χ1n) is 10.2. The van der Waals surface area contributed by atoms with Crippen molar-refractivity contribution in [3.63, 3.8) is 0 Å². The molecule has 0 radical (unpaired) electrons. The molecule has 0 saturated carbocycles. The molecule has 1 unspecified atom stereocenters. The molecule has 0 saturated heterocycles. The van der Waals surface area contributed by atoms with Crippen molar-refractivity contribution < 1.29 is 25.2 Å². The molecule has 0 aliphatic rings. The predicted octanol–water partition coefficient (Wildman–Crippen LogP) is 3.63. The van der Waals surface area contributed by atoms with Gasteiger partial charge in [0.25, 0.3) is 0 Å². The van der Waals surface area contributed by atoms with Gasteiger partial charge < -0.3 is 20.4 Å². The number of carboxylic acids is 1. The van der Waals surface area contributed by atoms with Crippen LogP contribution in [0.2, 0.25) is 0 Å². The SMILES string of the molecule is CCCCCCC(O)CCCCCCCCCCC(=O)O.OCCO.[LiH]. The number of aliphatic hydroxyl groups excluding tert-OH is 3. The van der Waals surface area contributed by atoms with Crippen molar-refractivity contribution in [1.29, 1.82) is 0 Å². The summed E-state index contributed by atoms with van der Waals surface area (Å²) in [5, 5.41) is 33.6. The molecule has 0 bridgehead atoms. The Morgan fingerprint density at radius 2 is 1.12 bits per heavy atom. The summed E-state index contributed by atoms with van der Waals surface area (Å²) in [5.41, 5.74) is 0. The molecule has 0 heterocycles. The molecule has 6 heteroatoms. The minimum atomic E-state index is -0.678. The van der Waals surface area contributed by atoms with E-state index in [0.29, 0.717) is 6.42 Å². The van der Waals surface area contributed by atoms with E-state index >= 15 is 0 Å². The van der Waals surface area contributed by atoms with E-state index in [4.69, 9.17) is 15.3 Å². The average Bonchev–Trinajstić information content (AvgIpc) is 2.60. The van der Waals surface area contributed by atoms with Crippen molar-refractivity contribution in [2.24, 2.45) is 0 Å². The summed E-state index contributed by atoms with van der Waals surface area (Å²) in [6.45, 7) is 1.96. The third kappa shape index (κ3) is 31.7. The molecule has 154 valence electrons. The van der Waals surface area contributed by atoms with Crippen LogP contribution >= 0.6 is 0 Å². The number of carbonyl (C=O) groups is 1. The van der Waals surface area contributed by atoms with Crippen LogP contribution < -0.4 is 0 Å². The topological polar surface area (TPSA) is 98.0 Å². The van der Waals surface area contributed by atoms with Crippen LogP contribution in [-0.4, -0.2) is 64.6 Å². The Morgan fingerprint density at radius 1 is 0.731 bits per heavy atom. The second-order valence-corrected chi connectivity index (χ2v) is 6.71. The van der Waals surface area contributed by atoms with Crippen molar-refractivity contribution in [1.82, 2.24) is 0 Å². The fourth-order valence-electron chi connectivity index (χ4n) is 2.67. The molecule has 0 spiro atoms. The molecule has 0 rings (SSSR count). The van der Waals surface area contributed by atoms with Crippen LogP contribution in [-0.2, 0) is 4.79 Å². The summed E-state index contributed by atoms with van der Waals surface area (Å²) >= 11 is 0. The molecule has 5 nitrogen and oxygen atoms in total. The number of carboxylic acid groups (broad SMARTS) is 1. The fourth-order valence-corrected chi connectivity index (χ4v) is 2.67. The summed E-state index contributed by atoms with van der Waals surface area (Å²) in [6.07, 6.45) is 16.3. The van der Waals surface area contributed by atoms with Gasteiger partial charge in [0.2, 0.25) is 0 Å². The second-order valence-electron chi connectivity index (χ2n) is 6.71. The first kappa shape index (κ1) is 30.7. The van der Waals surface area contributed by atoms with E-state index in [1.165, 1.54) is 51.4 Å². The number of rotatable bonds is 17. The van der Waals surface area contributed by atoms with Gasteiger partial charge in [0.15, 0.2) is 0 Å². The molecule has 0 fully saturated rings. The molecule has 0 aromatic carbocycles. The molecule has 0 aromatic heterocycles. The van der Waals surface area contributed by atoms with Gasteiger partial charge in [-0.1, -0.05) is 77.6 Å². The Morgan fingerprint density at radius 3 is 1.50 bits per heavy atom. The fraction of sp³-hybridized carbons (Fsp3) is 0.950. The molecule has 0 aliphatic heterocycles. The molecule has 1 atom stereocenters. The maximum absolute atomic E-state index is 10.3. The maximum atomic E-state index is 10.3. The summed E-state index contributed by atoms with van der Waals surface area (Å²) in [5.74, 6) is -0.678. The third-order valence-corrected chi connectivity index (χ3v) is 4.17. The van der Waals surface area contributed by atoms with Crippen molar-refractivity contribution in [2.75, 3.05) is 13.2 Å². The first-order chi connectivity index (χ1) is 12.1. The van der Waals surface area contributed by atoms with Gasteiger partial charge in [-0.3, -0.25) is 4.79 Å². The van der Waals surface area contributed by atoms with E-state index in [-0.39, 0.29) is 38.2 Å². The van der Waals surface area contributed by atoms with Gasteiger partial charge in [-0.05, 0) is 19.3 Å². The zero-order chi connectivity index (χ0) is 19.2. The summed E-state index contributed by atoms with van der Waals surface area (Å²) in [6, 6.07) is 0. The van der Waals surface area contributed by atoms with Crippen LogP contribution in [0.3, 0.4) is 0 Å². The van der Waals surface area contributed by atoms with Crippen LogP contribution in [0.4, 0.5) is 0 Å². The number of aliphatic carboxylic acids is 1. The van der Waals surface area contributed by atoms with Crippen LogP contribution in [0, 0.1) is 0 Å². The van der Waals surface area contributed by atoms with E-state index in [1.807, 2.05) is 0 Å². The van der Waals surface area contributed by atoms with E-state index in [1.54, 1.807) is 0 Å². The van der Waals surface area contributed by atoms with Gasteiger partial charge in [-0.2, -0.15) is 0 Å². The quantitative estimate of drug-likeness (QED) is 0.231. The van der Waals surface area contributed by atoms with Gasteiger partial charge >= 0.3 is 24.8 Å². The monoisotopic (exact) mass is 370 g/mol. The molecule has 0 aromatic rings. The average molecular weight is 370 g/mol. The Bertz CT molecular complexity index is 263. The van der Waals surface area contributed by atoms with Crippen molar-refractivity contribution >= 4 is 24.8 Å². The summed E-state index contributed by atoms with van der Waals surface area (Å²) in [7, 11) is 0. The Balaban J connectivity index is -0.000000951. The van der Waals surface area contributed by atoms with E-state index < -0.39 is 5.97 Å². The van der Waals surface area contributed by atoms with Crippen LogP contribution in [0.25, 0.3) is 0 Å². The summed E-state index contributed by atoms with van der Waals surface area (Å²) < 4.78 is 0. The zero-order valence-corrected chi connectivity index (χ0v) is 16.3. The first-order valence-corrected chi connectivity index (χ1v) is 10.2. The van der Waals surface area contributed by atoms with Crippen molar-refractivity contribution in [3.05, 3.63) is 0 Å². The van der Waals surface area contributed by atoms with Gasteiger partial charge in [0.05, 0.1) is 19.3 Å². The zero-order valence-electron chi connectivity index (χ0n) is 16.3. The van der Waals surface area contributed by atoms with Crippen LogP contribution in [0.15, 0.2) is 0 Å². The van der Waals surface area contributed by atoms with E-state index in [9.17, 15) is 9.90 Å². The molecule has 4 N–H and O–H groups in total. The van der Waals surface area contributed by atoms with Gasteiger partial charge in [0, 0.05) is 6.42 Å². The number of unbranched alkanes of at least 4 members (excludes halogenated alkanes) is 10. The summed E-state index contributed by atoms with van der Waals surface area (Å²) in [4.78, 5) is 10.3. The normalized spacial score (nSPS) is 11.2. The van der Waals surface area contributed by atoms with Gasteiger partial charge in [0.1, 0.15) is 0 Å². The Hall–Kier alpha value is -0.0526. The second kappa shape index (κ2) is 27.2. The van der Waals surface area contributed by atoms with E-state index in [2.05, 4.69) is 6.92 Å². The van der Waals surface area contributed by atoms with Gasteiger partial charge in [-0.15, -0.1) is 0 Å². The minimum absolute atomic E-state index is 0. The molecule has 26 heavy (non-hydrogen) atoms. The van der Waals surface area contributed by atoms with Crippen molar-refractivity contribution in [3.8, 4) is 0 Å². The molecular weight excluding hydrogens is 327 g/mol. The van der Waals surface area contributed by atoms with E-state index in [0.717, 1.165) is 38.5 Å². The predicted molar refractivity (Wildman–Crippen MR) is 110 cm³/mol. The Labute approximate surface area is 172 Å². The van der Waals surface area contributed by atoms with Crippen LogP contribution in [0.5, 0.6) is 0 Å². The number of hydrogen-bond donors (Lipinski definition) is 4. The van der Waals surface area contributed by atoms with Crippen molar-refractivity contribution in [2.45, 2.75) is 109 Å². The molecule has 0 amide bonds. The molecule has 0 aliphatic carbocycles. The van der Waals surface area contributed by atoms with Gasteiger partial charge in [-0.25, -0.2) is 0 Å². The number of aliphatic hydroxyl groups is 3. The Kier molecular flexibility index (Phi) is 32.0. The molecular formula is C20H43LiO5. The third-order valence-electron chi connectivity index (χ3n) is 4.17. The standard InChI is InChI=1S/C18H36O3.C2H6O2.Li.H/c1-2-3-4-11-14-17(19)15-12-9-7-5-6-8-10-13-16-18(20)21;3-1-2-4;;/h17,19H,2-16H2,1H3,(H,20,21);3-4H,1-2H2;;. The number of hydrogen-bond acceptors (Lipinski definition) is 4. The van der Waals surface area contributed by atoms with Crippen LogP contribution in [0.1, 0.15) is 103 Å².